The van der Waals surface area contributed by atoms with Crippen molar-refractivity contribution in [3.05, 3.63) is 51.7 Å². The number of rotatable bonds is 5. The molecule has 0 atom stereocenters. The number of nitrogens with zero attached hydrogens (tertiary/aromatic N) is 2. The van der Waals surface area contributed by atoms with E-state index in [2.05, 4.69) is 4.98 Å². The number of benzene rings is 1. The van der Waals surface area contributed by atoms with E-state index < -0.39 is 0 Å². The minimum Gasteiger partial charge on any atom is -0.491 e. The summed E-state index contributed by atoms with van der Waals surface area (Å²) in [6.45, 7) is 5.97. The van der Waals surface area contributed by atoms with E-state index in [-0.39, 0.29) is 5.56 Å². The fourth-order valence-electron chi connectivity index (χ4n) is 2.26. The molecule has 0 saturated carbocycles. The Bertz CT molecular complexity index is 720. The van der Waals surface area contributed by atoms with Crippen molar-refractivity contribution < 1.29 is 9.53 Å². The fourth-order valence-corrected chi connectivity index (χ4v) is 2.26. The number of aldehydes is 1. The second-order valence-electron chi connectivity index (χ2n) is 4.59. The number of para-hydroxylation sites is 1. The van der Waals surface area contributed by atoms with Crippen LogP contribution in [0.15, 0.2) is 29.1 Å². The molecule has 21 heavy (non-hydrogen) atoms. The van der Waals surface area contributed by atoms with Crippen LogP contribution >= 0.6 is 0 Å². The van der Waals surface area contributed by atoms with Crippen LogP contribution in [0.5, 0.6) is 5.75 Å². The first-order valence-corrected chi connectivity index (χ1v) is 6.93. The second-order valence-corrected chi connectivity index (χ2v) is 4.59. The lowest BCUT2D eigenvalue weighted by Gasteiger charge is -2.16. The summed E-state index contributed by atoms with van der Waals surface area (Å²) in [6, 6.07) is 6.63. The molecule has 5 nitrogen and oxygen atoms in total. The third-order valence-corrected chi connectivity index (χ3v) is 3.11. The molecule has 0 unspecified atom stereocenters. The van der Waals surface area contributed by atoms with Gasteiger partial charge in [-0.3, -0.25) is 14.2 Å². The average Bonchev–Trinajstić information content (AvgIpc) is 2.47. The van der Waals surface area contributed by atoms with Crippen molar-refractivity contribution in [2.75, 3.05) is 6.61 Å². The molecule has 2 rings (SSSR count). The summed E-state index contributed by atoms with van der Waals surface area (Å²) in [5, 5.41) is 0. The van der Waals surface area contributed by atoms with Crippen LogP contribution in [-0.2, 0) is 6.42 Å². The van der Waals surface area contributed by atoms with Crippen LogP contribution in [-0.4, -0.2) is 22.4 Å². The van der Waals surface area contributed by atoms with Gasteiger partial charge in [-0.2, -0.15) is 0 Å². The number of aryl methyl sites for hydroxylation is 2. The predicted molar refractivity (Wildman–Crippen MR) is 80.5 cm³/mol. The van der Waals surface area contributed by atoms with Crippen LogP contribution in [0.4, 0.5) is 0 Å². The van der Waals surface area contributed by atoms with E-state index >= 15 is 0 Å². The number of ether oxygens (including phenoxy) is 1. The van der Waals surface area contributed by atoms with E-state index in [4.69, 9.17) is 4.74 Å². The standard InChI is InChI=1S/C16H18N2O3/c1-4-14-17-11(3)9-15(20)18(14)13-8-6-7-12(10-19)16(13)21-5-2/h6-10H,4-5H2,1-3H3. The molecule has 5 heteroatoms. The number of carbonyl (C=O) groups is 1. The number of carbonyl (C=O) groups excluding carboxylic acids is 1. The van der Waals surface area contributed by atoms with Crippen LogP contribution in [0, 0.1) is 6.92 Å². The molecular weight excluding hydrogens is 268 g/mol. The Hall–Kier alpha value is -2.43. The molecule has 0 aliphatic carbocycles. The molecule has 1 aromatic carbocycles. The summed E-state index contributed by atoms with van der Waals surface area (Å²) in [6.07, 6.45) is 1.33. The van der Waals surface area contributed by atoms with Crippen molar-refractivity contribution >= 4 is 6.29 Å². The molecule has 0 aliphatic heterocycles. The molecule has 0 aliphatic rings. The highest BCUT2D eigenvalue weighted by Crippen LogP contribution is 2.26. The molecule has 0 saturated heterocycles. The monoisotopic (exact) mass is 286 g/mol. The Balaban J connectivity index is 2.78. The Morgan fingerprint density at radius 3 is 2.71 bits per heavy atom. The topological polar surface area (TPSA) is 61.2 Å². The summed E-state index contributed by atoms with van der Waals surface area (Å²) in [5.74, 6) is 1.06. The Labute approximate surface area is 123 Å². The van der Waals surface area contributed by atoms with Crippen molar-refractivity contribution in [1.29, 1.82) is 0 Å². The van der Waals surface area contributed by atoms with Crippen molar-refractivity contribution in [1.82, 2.24) is 9.55 Å². The largest absolute Gasteiger partial charge is 0.491 e. The highest BCUT2D eigenvalue weighted by molar-refractivity contribution is 5.82. The van der Waals surface area contributed by atoms with E-state index in [9.17, 15) is 9.59 Å². The third-order valence-electron chi connectivity index (χ3n) is 3.11. The lowest BCUT2D eigenvalue weighted by molar-refractivity contribution is 0.111. The Kier molecular flexibility index (Phi) is 4.52. The van der Waals surface area contributed by atoms with Gasteiger partial charge in [0.25, 0.3) is 5.56 Å². The first-order chi connectivity index (χ1) is 10.1. The van der Waals surface area contributed by atoms with E-state index in [1.165, 1.54) is 10.6 Å². The van der Waals surface area contributed by atoms with Crippen molar-refractivity contribution in [3.8, 4) is 11.4 Å². The van der Waals surface area contributed by atoms with Gasteiger partial charge in [0.1, 0.15) is 5.82 Å². The molecule has 0 N–H and O–H groups in total. The smallest absolute Gasteiger partial charge is 0.258 e. The van der Waals surface area contributed by atoms with Gasteiger partial charge in [-0.15, -0.1) is 0 Å². The van der Waals surface area contributed by atoms with E-state index in [0.29, 0.717) is 41.5 Å². The van der Waals surface area contributed by atoms with Crippen LogP contribution in [0.1, 0.15) is 35.7 Å². The molecule has 0 amide bonds. The zero-order chi connectivity index (χ0) is 15.4. The molecule has 0 fully saturated rings. The van der Waals surface area contributed by atoms with Gasteiger partial charge in [0.2, 0.25) is 0 Å². The number of hydrogen-bond acceptors (Lipinski definition) is 4. The van der Waals surface area contributed by atoms with Crippen molar-refractivity contribution in [3.63, 3.8) is 0 Å². The predicted octanol–water partition coefficient (Wildman–Crippen LogP) is 2.31. The van der Waals surface area contributed by atoms with Crippen molar-refractivity contribution in [2.45, 2.75) is 27.2 Å². The molecule has 0 radical (unpaired) electrons. The normalized spacial score (nSPS) is 10.4. The summed E-state index contributed by atoms with van der Waals surface area (Å²) >= 11 is 0. The SMILES string of the molecule is CCOc1c(C=O)cccc1-n1c(CC)nc(C)cc1=O. The summed E-state index contributed by atoms with van der Waals surface area (Å²) in [7, 11) is 0. The summed E-state index contributed by atoms with van der Waals surface area (Å²) in [4.78, 5) is 28.0. The van der Waals surface area contributed by atoms with E-state index in [1.54, 1.807) is 25.1 Å². The second kappa shape index (κ2) is 6.35. The first kappa shape index (κ1) is 15.0. The van der Waals surface area contributed by atoms with Crippen LogP contribution < -0.4 is 10.3 Å². The first-order valence-electron chi connectivity index (χ1n) is 6.93. The molecule has 0 spiro atoms. The minimum atomic E-state index is -0.177. The molecule has 1 aromatic heterocycles. The van der Waals surface area contributed by atoms with Gasteiger partial charge in [0.05, 0.1) is 17.9 Å². The maximum Gasteiger partial charge on any atom is 0.258 e. The molecule has 110 valence electrons. The highest BCUT2D eigenvalue weighted by Gasteiger charge is 2.15. The zero-order valence-electron chi connectivity index (χ0n) is 12.4. The molecule has 1 heterocycles. The maximum absolute atomic E-state index is 12.4. The Morgan fingerprint density at radius 1 is 1.33 bits per heavy atom. The van der Waals surface area contributed by atoms with E-state index in [1.807, 2.05) is 13.8 Å². The zero-order valence-corrected chi connectivity index (χ0v) is 12.4. The van der Waals surface area contributed by atoms with Crippen LogP contribution in [0.3, 0.4) is 0 Å². The highest BCUT2D eigenvalue weighted by atomic mass is 16.5. The van der Waals surface area contributed by atoms with Gasteiger partial charge in [-0.05, 0) is 26.0 Å². The van der Waals surface area contributed by atoms with Gasteiger partial charge < -0.3 is 4.74 Å². The molecular formula is C16H18N2O3. The molecule has 0 bridgehead atoms. The molecule has 2 aromatic rings. The Morgan fingerprint density at radius 2 is 2.10 bits per heavy atom. The minimum absolute atomic E-state index is 0.177. The van der Waals surface area contributed by atoms with Gasteiger partial charge in [0.15, 0.2) is 12.0 Å². The lowest BCUT2D eigenvalue weighted by Crippen LogP contribution is -2.24. The van der Waals surface area contributed by atoms with Gasteiger partial charge in [-0.1, -0.05) is 13.0 Å². The third kappa shape index (κ3) is 2.86. The number of aromatic nitrogens is 2. The summed E-state index contributed by atoms with van der Waals surface area (Å²) in [5.41, 5.74) is 1.47. The van der Waals surface area contributed by atoms with E-state index in [0.717, 1.165) is 6.29 Å². The van der Waals surface area contributed by atoms with Crippen molar-refractivity contribution in [2.24, 2.45) is 0 Å². The average molecular weight is 286 g/mol. The van der Waals surface area contributed by atoms with Crippen LogP contribution in [0.2, 0.25) is 0 Å². The van der Waals surface area contributed by atoms with Gasteiger partial charge in [-0.25, -0.2) is 4.98 Å². The number of hydrogen-bond donors (Lipinski definition) is 0. The maximum atomic E-state index is 12.4. The quantitative estimate of drug-likeness (QED) is 0.791. The van der Waals surface area contributed by atoms with Crippen LogP contribution in [0.25, 0.3) is 5.69 Å². The van der Waals surface area contributed by atoms with Gasteiger partial charge >= 0.3 is 0 Å². The fraction of sp³-hybridized carbons (Fsp3) is 0.312. The lowest BCUT2D eigenvalue weighted by atomic mass is 10.1. The van der Waals surface area contributed by atoms with Gasteiger partial charge in [0, 0.05) is 18.2 Å². The summed E-state index contributed by atoms with van der Waals surface area (Å²) < 4.78 is 7.08.